The number of amides is 1. The third-order valence-electron chi connectivity index (χ3n) is 3.48. The van der Waals surface area contributed by atoms with E-state index in [1.807, 2.05) is 0 Å². The average Bonchev–Trinajstić information content (AvgIpc) is 3.13. The summed E-state index contributed by atoms with van der Waals surface area (Å²) in [5.74, 6) is 0.463. The van der Waals surface area contributed by atoms with Gasteiger partial charge in [-0.15, -0.1) is 0 Å². The fourth-order valence-electron chi connectivity index (χ4n) is 2.24. The van der Waals surface area contributed by atoms with Gasteiger partial charge in [0.25, 0.3) is 11.5 Å². The van der Waals surface area contributed by atoms with E-state index < -0.39 is 6.29 Å². The first kappa shape index (κ1) is 15.5. The summed E-state index contributed by atoms with van der Waals surface area (Å²) in [6.45, 7) is 0. The topological polar surface area (TPSA) is 177 Å². The van der Waals surface area contributed by atoms with Crippen LogP contribution in [0.2, 0.25) is 0 Å². The second-order valence-corrected chi connectivity index (χ2v) is 5.11. The van der Waals surface area contributed by atoms with Crippen molar-refractivity contribution in [2.75, 3.05) is 17.7 Å². The Hall–Kier alpha value is -3.41. The molecule has 12 nitrogen and oxygen atoms in total. The molecule has 0 fully saturated rings. The van der Waals surface area contributed by atoms with Gasteiger partial charge in [-0.25, -0.2) is 9.97 Å². The van der Waals surface area contributed by atoms with Crippen molar-refractivity contribution >= 4 is 28.8 Å². The number of imidazole rings is 2. The van der Waals surface area contributed by atoms with Crippen LogP contribution in [0.25, 0.3) is 11.2 Å². The van der Waals surface area contributed by atoms with Crippen LogP contribution in [0.4, 0.5) is 11.8 Å². The van der Waals surface area contributed by atoms with Crippen LogP contribution < -0.4 is 27.2 Å². The van der Waals surface area contributed by atoms with Crippen molar-refractivity contribution in [3.05, 3.63) is 28.7 Å². The van der Waals surface area contributed by atoms with Crippen LogP contribution in [0.3, 0.4) is 0 Å². The molecule has 4 heterocycles. The van der Waals surface area contributed by atoms with E-state index in [1.165, 1.54) is 12.7 Å². The summed E-state index contributed by atoms with van der Waals surface area (Å²) < 4.78 is 1.60. The van der Waals surface area contributed by atoms with Crippen LogP contribution in [-0.2, 0) is 7.05 Å². The maximum atomic E-state index is 11.2. The van der Waals surface area contributed by atoms with Crippen molar-refractivity contribution in [3.8, 4) is 0 Å². The van der Waals surface area contributed by atoms with Crippen LogP contribution in [0.5, 0.6) is 0 Å². The highest BCUT2D eigenvalue weighted by Crippen LogP contribution is 2.18. The Morgan fingerprint density at radius 1 is 1.25 bits per heavy atom. The molecule has 0 spiro atoms. The Morgan fingerprint density at radius 3 is 2.75 bits per heavy atom. The number of anilines is 2. The number of fused-ring (bicyclic) bond motifs is 2. The largest absolute Gasteiger partial charge is 0.369 e. The number of aromatic nitrogens is 6. The molecule has 1 atom stereocenters. The molecule has 1 aliphatic heterocycles. The summed E-state index contributed by atoms with van der Waals surface area (Å²) in [5, 5.41) is 2.56. The summed E-state index contributed by atoms with van der Waals surface area (Å²) in [5.41, 5.74) is 11.9. The smallest absolute Gasteiger partial charge is 0.278 e. The fraction of sp³-hybridized carbons (Fsp3) is 0.250. The lowest BCUT2D eigenvalue weighted by atomic mass is 10.3. The maximum Gasteiger partial charge on any atom is 0.278 e. The third kappa shape index (κ3) is 2.54. The number of aromatic amines is 2. The van der Waals surface area contributed by atoms with Gasteiger partial charge in [-0.05, 0) is 0 Å². The molecule has 0 radical (unpaired) electrons. The minimum absolute atomic E-state index is 0.0891. The Labute approximate surface area is 134 Å². The van der Waals surface area contributed by atoms with Crippen LogP contribution in [-0.4, -0.2) is 48.7 Å². The van der Waals surface area contributed by atoms with Crippen molar-refractivity contribution in [2.24, 2.45) is 12.8 Å². The highest BCUT2D eigenvalue weighted by atomic mass is 16.2. The molecule has 4 rings (SSSR count). The molecule has 12 heteroatoms. The number of nitrogens with zero attached hydrogens (tertiary/aromatic N) is 5. The normalized spacial score (nSPS) is 16.4. The monoisotopic (exact) mass is 332 g/mol. The minimum atomic E-state index is -0.492. The molecule has 1 amide bonds. The number of H-pyrrole nitrogens is 2. The van der Waals surface area contributed by atoms with Crippen molar-refractivity contribution in [3.63, 3.8) is 0 Å². The molecule has 0 saturated carbocycles. The van der Waals surface area contributed by atoms with E-state index in [2.05, 4.69) is 30.2 Å². The Balaban J connectivity index is 0.000000141. The standard InChI is InChI=1S/C6H7N5O.C6H9N5O/c1-11-2-8-4-3(11)5(12)10-6(7)9-4;1-11-4-3(8-2-9-4)5(12)10-6(11)7/h2H,1H3,(H3,7,9,10,12);2,6H,7H2,1H3,(H,8,9)(H,10,12). The summed E-state index contributed by atoms with van der Waals surface area (Å²) in [7, 11) is 3.49. The first-order valence-electron chi connectivity index (χ1n) is 6.88. The van der Waals surface area contributed by atoms with E-state index in [1.54, 1.807) is 23.6 Å². The second kappa shape index (κ2) is 5.66. The number of nitrogens with one attached hydrogen (secondary N) is 3. The molecule has 0 bridgehead atoms. The zero-order valence-corrected chi connectivity index (χ0v) is 12.9. The van der Waals surface area contributed by atoms with Gasteiger partial charge in [-0.1, -0.05) is 0 Å². The molecule has 0 aliphatic carbocycles. The van der Waals surface area contributed by atoms with Gasteiger partial charge in [-0.2, -0.15) is 4.98 Å². The Morgan fingerprint density at radius 2 is 2.00 bits per heavy atom. The van der Waals surface area contributed by atoms with E-state index in [4.69, 9.17) is 11.5 Å². The van der Waals surface area contributed by atoms with E-state index >= 15 is 0 Å². The quantitative estimate of drug-likeness (QED) is 0.316. The zero-order chi connectivity index (χ0) is 17.4. The molecule has 126 valence electrons. The van der Waals surface area contributed by atoms with Gasteiger partial charge in [-0.3, -0.25) is 20.3 Å². The molecule has 1 aliphatic rings. The highest BCUT2D eigenvalue weighted by Gasteiger charge is 2.27. The van der Waals surface area contributed by atoms with Crippen LogP contribution in [0.15, 0.2) is 17.4 Å². The van der Waals surface area contributed by atoms with E-state index in [0.717, 1.165) is 0 Å². The molecule has 0 saturated heterocycles. The van der Waals surface area contributed by atoms with Crippen molar-refractivity contribution in [1.82, 2.24) is 34.8 Å². The number of hydrogen-bond donors (Lipinski definition) is 5. The van der Waals surface area contributed by atoms with Gasteiger partial charge in [0, 0.05) is 14.1 Å². The molecular weight excluding hydrogens is 316 g/mol. The Bertz CT molecular complexity index is 954. The summed E-state index contributed by atoms with van der Waals surface area (Å²) in [6, 6.07) is 0. The fourth-order valence-corrected chi connectivity index (χ4v) is 2.24. The number of rotatable bonds is 0. The van der Waals surface area contributed by atoms with Gasteiger partial charge in [0.05, 0.1) is 12.7 Å². The molecule has 3 aromatic heterocycles. The number of nitrogen functional groups attached to an aromatic ring is 1. The number of nitrogens with two attached hydrogens (primary N) is 2. The lowest BCUT2D eigenvalue weighted by molar-refractivity contribution is 0.0925. The van der Waals surface area contributed by atoms with Crippen molar-refractivity contribution < 1.29 is 4.79 Å². The first-order valence-corrected chi connectivity index (χ1v) is 6.88. The van der Waals surface area contributed by atoms with E-state index in [9.17, 15) is 9.59 Å². The maximum absolute atomic E-state index is 11.2. The molecule has 0 aromatic carbocycles. The molecule has 1 unspecified atom stereocenters. The number of carbonyl (C=O) groups excluding carboxylic acids is 1. The minimum Gasteiger partial charge on any atom is -0.369 e. The van der Waals surface area contributed by atoms with Gasteiger partial charge < -0.3 is 25.5 Å². The third-order valence-corrected chi connectivity index (χ3v) is 3.48. The van der Waals surface area contributed by atoms with Crippen molar-refractivity contribution in [2.45, 2.75) is 6.29 Å². The van der Waals surface area contributed by atoms with Gasteiger partial charge in [0.1, 0.15) is 5.69 Å². The van der Waals surface area contributed by atoms with Crippen molar-refractivity contribution in [1.29, 1.82) is 0 Å². The molecule has 3 aromatic rings. The summed E-state index contributed by atoms with van der Waals surface area (Å²) in [4.78, 5) is 41.0. The van der Waals surface area contributed by atoms with Gasteiger partial charge >= 0.3 is 0 Å². The predicted octanol–water partition coefficient (Wildman–Crippen LogP) is -1.93. The SMILES string of the molecule is CN1c2nc[nH]c2C(=O)NC1N.Cn1cnc2nc(N)[nH]c(=O)c21. The van der Waals surface area contributed by atoms with E-state index in [0.29, 0.717) is 22.7 Å². The van der Waals surface area contributed by atoms with Gasteiger partial charge in [0.15, 0.2) is 23.3 Å². The van der Waals surface area contributed by atoms with Crippen LogP contribution in [0, 0.1) is 0 Å². The van der Waals surface area contributed by atoms with Gasteiger partial charge in [0.2, 0.25) is 5.95 Å². The van der Waals surface area contributed by atoms with E-state index in [-0.39, 0.29) is 17.4 Å². The zero-order valence-electron chi connectivity index (χ0n) is 12.9. The predicted molar refractivity (Wildman–Crippen MR) is 86.0 cm³/mol. The molecule has 7 N–H and O–H groups in total. The van der Waals surface area contributed by atoms with Crippen LogP contribution in [0.1, 0.15) is 10.5 Å². The lowest BCUT2D eigenvalue weighted by Gasteiger charge is -2.29. The lowest BCUT2D eigenvalue weighted by Crippen LogP contribution is -2.56. The number of hydrogen-bond acceptors (Lipinski definition) is 8. The second-order valence-electron chi connectivity index (χ2n) is 5.11. The molecular formula is C12H16N10O2. The number of aryl methyl sites for hydroxylation is 1. The first-order chi connectivity index (χ1) is 11.4. The summed E-state index contributed by atoms with van der Waals surface area (Å²) >= 11 is 0. The average molecular weight is 332 g/mol. The summed E-state index contributed by atoms with van der Waals surface area (Å²) in [6.07, 6.45) is 2.50. The Kier molecular flexibility index (Phi) is 3.65. The number of carbonyl (C=O) groups is 1. The highest BCUT2D eigenvalue weighted by molar-refractivity contribution is 5.99. The molecule has 24 heavy (non-hydrogen) atoms. The van der Waals surface area contributed by atoms with Crippen LogP contribution >= 0.6 is 0 Å².